The maximum atomic E-state index is 11.7. The second kappa shape index (κ2) is 9.22. The Hall–Kier alpha value is -0.840. The second-order valence-corrected chi connectivity index (χ2v) is 3.65. The molecule has 1 aromatic rings. The van der Waals surface area contributed by atoms with E-state index in [9.17, 15) is 4.79 Å². The fourth-order valence-corrected chi connectivity index (χ4v) is 1.21. The van der Waals surface area contributed by atoms with Crippen molar-refractivity contribution in [3.8, 4) is 0 Å². The first-order chi connectivity index (χ1) is 7.15. The number of hydrogen-bond donors (Lipinski definition) is 2. The van der Waals surface area contributed by atoms with Gasteiger partial charge in [0.2, 0.25) is 5.91 Å². The fraction of sp³-hybridized carbons (Fsp3) is 0.455. The van der Waals surface area contributed by atoms with Crippen molar-refractivity contribution in [2.45, 2.75) is 25.8 Å². The standard InChI is InChI=1S/C11H17N3O.2ClH/c1-8(6-12)14-11(15)9(2)10-4-3-5-13-7-10;;/h3-5,7-9H,6,12H2,1-2H3,(H,14,15);2*1H/t8-,9?;;/m0../s1. The van der Waals surface area contributed by atoms with Crippen molar-refractivity contribution in [1.82, 2.24) is 10.3 Å². The van der Waals surface area contributed by atoms with E-state index in [-0.39, 0.29) is 42.7 Å². The van der Waals surface area contributed by atoms with Gasteiger partial charge in [-0.2, -0.15) is 0 Å². The minimum absolute atomic E-state index is 0. The zero-order valence-corrected chi connectivity index (χ0v) is 11.6. The Morgan fingerprint density at radius 3 is 2.59 bits per heavy atom. The summed E-state index contributed by atoms with van der Waals surface area (Å²) in [5, 5.41) is 2.84. The molecule has 98 valence electrons. The summed E-state index contributed by atoms with van der Waals surface area (Å²) < 4.78 is 0. The maximum absolute atomic E-state index is 11.7. The Bertz CT molecular complexity index is 322. The minimum Gasteiger partial charge on any atom is -0.352 e. The van der Waals surface area contributed by atoms with E-state index < -0.39 is 0 Å². The molecule has 3 N–H and O–H groups in total. The highest BCUT2D eigenvalue weighted by molar-refractivity contribution is 5.85. The molecule has 0 saturated carbocycles. The summed E-state index contributed by atoms with van der Waals surface area (Å²) in [5.41, 5.74) is 6.35. The molecule has 0 radical (unpaired) electrons. The topological polar surface area (TPSA) is 68.0 Å². The molecule has 6 heteroatoms. The molecule has 0 fully saturated rings. The highest BCUT2D eigenvalue weighted by Gasteiger charge is 2.16. The first-order valence-corrected chi connectivity index (χ1v) is 5.05. The first kappa shape index (κ1) is 18.5. The summed E-state index contributed by atoms with van der Waals surface area (Å²) in [4.78, 5) is 15.7. The van der Waals surface area contributed by atoms with E-state index in [1.54, 1.807) is 12.4 Å². The number of amides is 1. The van der Waals surface area contributed by atoms with Crippen molar-refractivity contribution in [1.29, 1.82) is 0 Å². The van der Waals surface area contributed by atoms with Crippen LogP contribution < -0.4 is 11.1 Å². The minimum atomic E-state index is -0.187. The molecule has 0 aliphatic rings. The number of pyridine rings is 1. The molecule has 0 saturated heterocycles. The normalized spacial score (nSPS) is 12.6. The van der Waals surface area contributed by atoms with Crippen molar-refractivity contribution >= 4 is 30.7 Å². The zero-order chi connectivity index (χ0) is 11.3. The summed E-state index contributed by atoms with van der Waals surface area (Å²) >= 11 is 0. The van der Waals surface area contributed by atoms with Gasteiger partial charge in [0, 0.05) is 25.0 Å². The predicted molar refractivity (Wildman–Crippen MR) is 73.8 cm³/mol. The van der Waals surface area contributed by atoms with Gasteiger partial charge < -0.3 is 11.1 Å². The average molecular weight is 280 g/mol. The van der Waals surface area contributed by atoms with Crippen LogP contribution in [0, 0.1) is 0 Å². The van der Waals surface area contributed by atoms with Crippen LogP contribution in [0.5, 0.6) is 0 Å². The van der Waals surface area contributed by atoms with Gasteiger partial charge in [-0.15, -0.1) is 24.8 Å². The molecule has 1 aromatic heterocycles. The number of nitrogens with zero attached hydrogens (tertiary/aromatic N) is 1. The van der Waals surface area contributed by atoms with Gasteiger partial charge in [-0.1, -0.05) is 6.07 Å². The van der Waals surface area contributed by atoms with Crippen LogP contribution in [0.2, 0.25) is 0 Å². The molecule has 1 amide bonds. The molecule has 0 aromatic carbocycles. The number of hydrogen-bond acceptors (Lipinski definition) is 3. The summed E-state index contributed by atoms with van der Waals surface area (Å²) in [7, 11) is 0. The quantitative estimate of drug-likeness (QED) is 0.878. The van der Waals surface area contributed by atoms with Crippen LogP contribution in [-0.4, -0.2) is 23.5 Å². The molecule has 1 heterocycles. The average Bonchev–Trinajstić information content (AvgIpc) is 2.29. The summed E-state index contributed by atoms with van der Waals surface area (Å²) in [6.07, 6.45) is 3.40. The Balaban J connectivity index is 0. The molecule has 0 aliphatic heterocycles. The lowest BCUT2D eigenvalue weighted by Crippen LogP contribution is -2.39. The first-order valence-electron chi connectivity index (χ1n) is 5.05. The van der Waals surface area contributed by atoms with E-state index in [1.165, 1.54) is 0 Å². The van der Waals surface area contributed by atoms with Crippen LogP contribution in [0.3, 0.4) is 0 Å². The van der Waals surface area contributed by atoms with Crippen molar-refractivity contribution in [2.24, 2.45) is 5.73 Å². The third-order valence-electron chi connectivity index (χ3n) is 2.32. The van der Waals surface area contributed by atoms with Crippen LogP contribution >= 0.6 is 24.8 Å². The van der Waals surface area contributed by atoms with Crippen molar-refractivity contribution < 1.29 is 4.79 Å². The third kappa shape index (κ3) is 5.86. The second-order valence-electron chi connectivity index (χ2n) is 3.65. The van der Waals surface area contributed by atoms with E-state index in [0.717, 1.165) is 5.56 Å². The van der Waals surface area contributed by atoms with Crippen LogP contribution in [0.4, 0.5) is 0 Å². The fourth-order valence-electron chi connectivity index (χ4n) is 1.21. The van der Waals surface area contributed by atoms with E-state index in [1.807, 2.05) is 26.0 Å². The Labute approximate surface area is 114 Å². The lowest BCUT2D eigenvalue weighted by molar-refractivity contribution is -0.122. The van der Waals surface area contributed by atoms with Gasteiger partial charge in [-0.3, -0.25) is 9.78 Å². The number of halogens is 2. The van der Waals surface area contributed by atoms with E-state index in [0.29, 0.717) is 6.54 Å². The number of aromatic nitrogens is 1. The summed E-state index contributed by atoms with van der Waals surface area (Å²) in [6, 6.07) is 3.73. The van der Waals surface area contributed by atoms with Gasteiger partial charge >= 0.3 is 0 Å². The molecule has 4 nitrogen and oxygen atoms in total. The van der Waals surface area contributed by atoms with E-state index in [4.69, 9.17) is 5.73 Å². The predicted octanol–water partition coefficient (Wildman–Crippen LogP) is 1.49. The largest absolute Gasteiger partial charge is 0.352 e. The van der Waals surface area contributed by atoms with Gasteiger partial charge in [0.05, 0.1) is 5.92 Å². The van der Waals surface area contributed by atoms with E-state index in [2.05, 4.69) is 10.3 Å². The monoisotopic (exact) mass is 279 g/mol. The highest BCUT2D eigenvalue weighted by atomic mass is 35.5. The number of carbonyl (C=O) groups is 1. The van der Waals surface area contributed by atoms with E-state index >= 15 is 0 Å². The lowest BCUT2D eigenvalue weighted by atomic mass is 10.0. The van der Waals surface area contributed by atoms with Crippen LogP contribution in [0.25, 0.3) is 0 Å². The number of carbonyl (C=O) groups excluding carboxylic acids is 1. The number of nitrogens with one attached hydrogen (secondary N) is 1. The molecule has 17 heavy (non-hydrogen) atoms. The third-order valence-corrected chi connectivity index (χ3v) is 2.32. The molecular weight excluding hydrogens is 261 g/mol. The van der Waals surface area contributed by atoms with Crippen molar-refractivity contribution in [3.63, 3.8) is 0 Å². The maximum Gasteiger partial charge on any atom is 0.227 e. The molecule has 0 aliphatic carbocycles. The SMILES string of the molecule is CC(C(=O)N[C@@H](C)CN)c1cccnc1.Cl.Cl. The Morgan fingerprint density at radius 1 is 1.47 bits per heavy atom. The van der Waals surface area contributed by atoms with Gasteiger partial charge in [0.15, 0.2) is 0 Å². The smallest absolute Gasteiger partial charge is 0.227 e. The zero-order valence-electron chi connectivity index (χ0n) is 9.92. The molecule has 2 atom stereocenters. The van der Waals surface area contributed by atoms with Gasteiger partial charge in [-0.05, 0) is 25.5 Å². The molecule has 0 spiro atoms. The van der Waals surface area contributed by atoms with Gasteiger partial charge in [0.1, 0.15) is 0 Å². The van der Waals surface area contributed by atoms with Crippen LogP contribution in [0.1, 0.15) is 25.3 Å². The van der Waals surface area contributed by atoms with Crippen LogP contribution in [-0.2, 0) is 4.79 Å². The Morgan fingerprint density at radius 2 is 2.12 bits per heavy atom. The van der Waals surface area contributed by atoms with Gasteiger partial charge in [-0.25, -0.2) is 0 Å². The lowest BCUT2D eigenvalue weighted by Gasteiger charge is -2.15. The van der Waals surface area contributed by atoms with Gasteiger partial charge in [0.25, 0.3) is 0 Å². The molecule has 1 unspecified atom stereocenters. The van der Waals surface area contributed by atoms with Crippen LogP contribution in [0.15, 0.2) is 24.5 Å². The van der Waals surface area contributed by atoms with Crippen molar-refractivity contribution in [2.75, 3.05) is 6.54 Å². The molecular formula is C11H19Cl2N3O. The Kier molecular flexibility index (Phi) is 10.0. The van der Waals surface area contributed by atoms with Crippen molar-refractivity contribution in [3.05, 3.63) is 30.1 Å². The number of rotatable bonds is 4. The number of nitrogens with two attached hydrogens (primary N) is 1. The molecule has 0 bridgehead atoms. The molecule has 1 rings (SSSR count). The summed E-state index contributed by atoms with van der Waals surface area (Å²) in [6.45, 7) is 4.19. The highest BCUT2D eigenvalue weighted by Crippen LogP contribution is 2.13. The summed E-state index contributed by atoms with van der Waals surface area (Å²) in [5.74, 6) is -0.200.